The third-order valence-corrected chi connectivity index (χ3v) is 3.53. The number of aldehydes is 1. The average Bonchev–Trinajstić information content (AvgIpc) is 2.99. The second kappa shape index (κ2) is 6.62. The predicted molar refractivity (Wildman–Crippen MR) is 91.4 cm³/mol. The fourth-order valence-corrected chi connectivity index (χ4v) is 2.25. The number of fused-ring (bicyclic) bond motifs is 1. The number of aromatic nitrogens is 1. The van der Waals surface area contributed by atoms with Crippen LogP contribution in [0.2, 0.25) is 5.02 Å². The molecule has 8 nitrogen and oxygen atoms in total. The molecule has 3 rings (SSSR count). The van der Waals surface area contributed by atoms with E-state index in [1.165, 1.54) is 18.3 Å². The van der Waals surface area contributed by atoms with E-state index in [2.05, 4.69) is 10.3 Å². The van der Waals surface area contributed by atoms with Gasteiger partial charge in [-0.1, -0.05) is 11.6 Å². The lowest BCUT2D eigenvalue weighted by molar-refractivity contribution is -0.384. The Labute approximate surface area is 145 Å². The minimum absolute atomic E-state index is 0.0705. The minimum atomic E-state index is -0.625. The van der Waals surface area contributed by atoms with Crippen molar-refractivity contribution in [2.75, 3.05) is 5.32 Å². The van der Waals surface area contributed by atoms with E-state index in [0.717, 1.165) is 6.07 Å². The molecule has 0 radical (unpaired) electrons. The first-order valence-corrected chi connectivity index (χ1v) is 7.31. The Balaban J connectivity index is 1.89. The number of nitro benzene ring substituents is 1. The zero-order valence-electron chi connectivity index (χ0n) is 12.5. The number of rotatable bonds is 5. The third kappa shape index (κ3) is 3.43. The summed E-state index contributed by atoms with van der Waals surface area (Å²) in [4.78, 5) is 25.5. The fourth-order valence-electron chi connectivity index (χ4n) is 2.08. The number of hydrogen-bond donors (Lipinski definition) is 2. The van der Waals surface area contributed by atoms with Crippen LogP contribution in [0.4, 0.5) is 11.4 Å². The summed E-state index contributed by atoms with van der Waals surface area (Å²) in [5.74, 6) is -0.263. The Kier molecular flexibility index (Phi) is 4.36. The Morgan fingerprint density at radius 1 is 1.32 bits per heavy atom. The first kappa shape index (κ1) is 16.5. The highest BCUT2D eigenvalue weighted by atomic mass is 35.5. The number of phenolic OH excluding ortho intramolecular Hbond substituents is 1. The van der Waals surface area contributed by atoms with Crippen LogP contribution in [-0.4, -0.2) is 21.3 Å². The monoisotopic (exact) mass is 359 g/mol. The van der Waals surface area contributed by atoms with Crippen molar-refractivity contribution in [3.05, 3.63) is 63.6 Å². The zero-order chi connectivity index (χ0) is 18.0. The first-order chi connectivity index (χ1) is 12.0. The number of oxazole rings is 1. The topological polar surface area (TPSA) is 118 Å². The number of allylic oxidation sites excluding steroid dienone is 1. The van der Waals surface area contributed by atoms with Gasteiger partial charge in [-0.05, 0) is 24.3 Å². The van der Waals surface area contributed by atoms with Gasteiger partial charge in [0.05, 0.1) is 22.3 Å². The van der Waals surface area contributed by atoms with Crippen LogP contribution >= 0.6 is 11.6 Å². The molecule has 0 saturated carbocycles. The van der Waals surface area contributed by atoms with Crippen molar-refractivity contribution in [3.63, 3.8) is 0 Å². The molecule has 1 heterocycles. The second-order valence-electron chi connectivity index (χ2n) is 4.95. The van der Waals surface area contributed by atoms with Crippen LogP contribution in [0.15, 0.2) is 47.0 Å². The molecule has 25 heavy (non-hydrogen) atoms. The van der Waals surface area contributed by atoms with E-state index >= 15 is 0 Å². The molecular formula is C16H10ClN3O5. The van der Waals surface area contributed by atoms with E-state index in [1.807, 2.05) is 0 Å². The number of carbonyl (C=O) groups excluding carboxylic acids is 1. The Morgan fingerprint density at radius 3 is 2.80 bits per heavy atom. The van der Waals surface area contributed by atoms with Crippen LogP contribution < -0.4 is 5.32 Å². The molecule has 3 aromatic rings. The van der Waals surface area contributed by atoms with Gasteiger partial charge in [0.15, 0.2) is 11.9 Å². The Morgan fingerprint density at radius 2 is 2.12 bits per heavy atom. The normalized spacial score (nSPS) is 11.5. The number of nitro groups is 1. The molecule has 0 amide bonds. The van der Waals surface area contributed by atoms with Crippen molar-refractivity contribution in [2.45, 2.75) is 0 Å². The summed E-state index contributed by atoms with van der Waals surface area (Å²) in [5, 5.41) is 23.6. The van der Waals surface area contributed by atoms with Crippen molar-refractivity contribution in [2.24, 2.45) is 0 Å². The fraction of sp³-hybridized carbons (Fsp3) is 0. The molecule has 0 aliphatic heterocycles. The summed E-state index contributed by atoms with van der Waals surface area (Å²) in [7, 11) is 0. The van der Waals surface area contributed by atoms with E-state index < -0.39 is 4.92 Å². The molecular weight excluding hydrogens is 350 g/mol. The van der Waals surface area contributed by atoms with Gasteiger partial charge in [-0.25, -0.2) is 4.98 Å². The highest BCUT2D eigenvalue weighted by molar-refractivity contribution is 6.31. The maximum Gasteiger partial charge on any atom is 0.273 e. The quantitative estimate of drug-likeness (QED) is 0.234. The third-order valence-electron chi connectivity index (χ3n) is 3.30. The molecule has 0 fully saturated rings. The SMILES string of the molecule is O=C/C(=C\Nc1ccc([N+](=O)[O-])cc1O)c1nc2cc(Cl)ccc2o1. The lowest BCUT2D eigenvalue weighted by Gasteiger charge is -2.04. The van der Waals surface area contributed by atoms with Gasteiger partial charge >= 0.3 is 0 Å². The molecule has 0 aliphatic carbocycles. The van der Waals surface area contributed by atoms with Gasteiger partial charge in [-0.2, -0.15) is 0 Å². The molecule has 1 aromatic heterocycles. The minimum Gasteiger partial charge on any atom is -0.506 e. The van der Waals surface area contributed by atoms with Gasteiger partial charge in [-0.3, -0.25) is 14.9 Å². The number of carbonyl (C=O) groups is 1. The molecule has 0 atom stereocenters. The van der Waals surface area contributed by atoms with E-state index in [4.69, 9.17) is 16.0 Å². The largest absolute Gasteiger partial charge is 0.506 e. The smallest absolute Gasteiger partial charge is 0.273 e. The van der Waals surface area contributed by atoms with Gasteiger partial charge in [-0.15, -0.1) is 0 Å². The summed E-state index contributed by atoms with van der Waals surface area (Å²) >= 11 is 5.88. The van der Waals surface area contributed by atoms with Gasteiger partial charge in [0.1, 0.15) is 11.3 Å². The molecule has 0 saturated heterocycles. The number of non-ortho nitro benzene ring substituents is 1. The number of benzene rings is 2. The van der Waals surface area contributed by atoms with Crippen LogP contribution in [0.1, 0.15) is 5.89 Å². The lowest BCUT2D eigenvalue weighted by atomic mass is 10.2. The highest BCUT2D eigenvalue weighted by Crippen LogP contribution is 2.29. The van der Waals surface area contributed by atoms with Gasteiger partial charge in [0, 0.05) is 17.3 Å². The van der Waals surface area contributed by atoms with Crippen molar-refractivity contribution in [1.29, 1.82) is 0 Å². The van der Waals surface area contributed by atoms with Crippen LogP contribution in [0.5, 0.6) is 5.75 Å². The number of aromatic hydroxyl groups is 1. The number of halogens is 1. The zero-order valence-corrected chi connectivity index (χ0v) is 13.2. The Hall–Kier alpha value is -3.39. The highest BCUT2D eigenvalue weighted by Gasteiger charge is 2.12. The van der Waals surface area contributed by atoms with Crippen molar-refractivity contribution >= 4 is 45.9 Å². The second-order valence-corrected chi connectivity index (χ2v) is 5.39. The number of phenols is 1. The summed E-state index contributed by atoms with van der Waals surface area (Å²) in [5.41, 5.74) is 0.978. The van der Waals surface area contributed by atoms with Crippen LogP contribution in [0.25, 0.3) is 16.7 Å². The summed E-state index contributed by atoms with van der Waals surface area (Å²) in [6, 6.07) is 8.40. The summed E-state index contributed by atoms with van der Waals surface area (Å²) in [6.45, 7) is 0. The predicted octanol–water partition coefficient (Wildman–Crippen LogP) is 3.75. The van der Waals surface area contributed by atoms with E-state index in [0.29, 0.717) is 22.4 Å². The van der Waals surface area contributed by atoms with E-state index in [-0.39, 0.29) is 28.6 Å². The number of nitrogens with zero attached hydrogens (tertiary/aromatic N) is 2. The van der Waals surface area contributed by atoms with Crippen molar-refractivity contribution in [1.82, 2.24) is 4.98 Å². The standard InChI is InChI=1S/C16H10ClN3O5/c17-10-1-4-15-13(5-10)19-16(25-15)9(8-21)7-18-12-3-2-11(20(23)24)6-14(12)22/h1-8,18,22H/b9-7+. The molecule has 2 aromatic carbocycles. The maximum absolute atomic E-state index is 11.3. The van der Waals surface area contributed by atoms with Crippen LogP contribution in [0, 0.1) is 10.1 Å². The maximum atomic E-state index is 11.3. The van der Waals surface area contributed by atoms with Crippen molar-refractivity contribution < 1.29 is 19.2 Å². The van der Waals surface area contributed by atoms with Crippen LogP contribution in [-0.2, 0) is 4.79 Å². The number of nitrogens with one attached hydrogen (secondary N) is 1. The molecule has 2 N–H and O–H groups in total. The molecule has 126 valence electrons. The summed E-state index contributed by atoms with van der Waals surface area (Å²) in [6.07, 6.45) is 1.81. The molecule has 0 aliphatic rings. The van der Waals surface area contributed by atoms with Gasteiger partial charge < -0.3 is 14.8 Å². The molecule has 9 heteroatoms. The number of anilines is 1. The average molecular weight is 360 g/mol. The van der Waals surface area contributed by atoms with E-state index in [1.54, 1.807) is 18.2 Å². The number of hydrogen-bond acceptors (Lipinski definition) is 7. The molecule has 0 bridgehead atoms. The van der Waals surface area contributed by atoms with Crippen molar-refractivity contribution in [3.8, 4) is 5.75 Å². The van der Waals surface area contributed by atoms with E-state index in [9.17, 15) is 20.0 Å². The molecule has 0 unspecified atom stereocenters. The van der Waals surface area contributed by atoms with Gasteiger partial charge in [0.2, 0.25) is 5.89 Å². The Bertz CT molecular complexity index is 1010. The molecule has 0 spiro atoms. The summed E-state index contributed by atoms with van der Waals surface area (Å²) < 4.78 is 5.48. The first-order valence-electron chi connectivity index (χ1n) is 6.93. The lowest BCUT2D eigenvalue weighted by Crippen LogP contribution is -1.95. The van der Waals surface area contributed by atoms with Gasteiger partial charge in [0.25, 0.3) is 5.69 Å². The van der Waals surface area contributed by atoms with Crippen LogP contribution in [0.3, 0.4) is 0 Å².